The summed E-state index contributed by atoms with van der Waals surface area (Å²) < 4.78 is 13.3. The number of fused-ring (bicyclic) bond motifs is 1. The van der Waals surface area contributed by atoms with Crippen LogP contribution in [0.25, 0.3) is 0 Å². The van der Waals surface area contributed by atoms with Crippen molar-refractivity contribution < 1.29 is 9.50 Å². The molecular formula is C37H54FNO. The van der Waals surface area contributed by atoms with Crippen molar-refractivity contribution in [2.45, 2.75) is 86.3 Å². The number of nitrogens with one attached hydrogen (secondary N) is 1. The van der Waals surface area contributed by atoms with Crippen molar-refractivity contribution in [3.8, 4) is 0 Å². The van der Waals surface area contributed by atoms with Crippen molar-refractivity contribution in [3.05, 3.63) is 132 Å². The Balaban J connectivity index is 0.000000691. The SMILES string of the molecule is C=C.C=C.C=CC1=C(Cc2ccc(C)cc2)C=C2CCC(O)C2(C)C1.CC.CCNCc1c(F)cccc1CC. The first-order valence-corrected chi connectivity index (χ1v) is 14.6. The average Bonchev–Trinajstić information content (AvgIpc) is 3.29. The molecule has 0 amide bonds. The molecule has 2 unspecified atom stereocenters. The van der Waals surface area contributed by atoms with Crippen LogP contribution in [0.5, 0.6) is 0 Å². The number of hydrogen-bond acceptors (Lipinski definition) is 2. The Kier molecular flexibility index (Phi) is 18.5. The highest BCUT2D eigenvalue weighted by molar-refractivity contribution is 5.46. The minimum Gasteiger partial charge on any atom is -0.392 e. The molecule has 3 heteroatoms. The van der Waals surface area contributed by atoms with E-state index in [1.54, 1.807) is 6.07 Å². The lowest BCUT2D eigenvalue weighted by molar-refractivity contribution is 0.0834. The summed E-state index contributed by atoms with van der Waals surface area (Å²) in [5.41, 5.74) is 8.56. The van der Waals surface area contributed by atoms with Crippen LogP contribution in [0, 0.1) is 18.2 Å². The van der Waals surface area contributed by atoms with Crippen molar-refractivity contribution in [2.75, 3.05) is 6.54 Å². The molecule has 2 atom stereocenters. The molecular weight excluding hydrogens is 493 g/mol. The number of allylic oxidation sites excluding steroid dienone is 4. The third-order valence-electron chi connectivity index (χ3n) is 7.38. The predicted octanol–water partition coefficient (Wildman–Crippen LogP) is 9.64. The summed E-state index contributed by atoms with van der Waals surface area (Å²) in [6.45, 7) is 29.9. The average molecular weight is 548 g/mol. The summed E-state index contributed by atoms with van der Waals surface area (Å²) in [4.78, 5) is 0. The van der Waals surface area contributed by atoms with Gasteiger partial charge in [-0.2, -0.15) is 0 Å². The number of rotatable bonds is 7. The largest absolute Gasteiger partial charge is 0.392 e. The number of aliphatic hydroxyl groups is 1. The van der Waals surface area contributed by atoms with Gasteiger partial charge in [0.15, 0.2) is 0 Å². The third kappa shape index (κ3) is 10.2. The van der Waals surface area contributed by atoms with Crippen LogP contribution < -0.4 is 5.32 Å². The summed E-state index contributed by atoms with van der Waals surface area (Å²) >= 11 is 0. The van der Waals surface area contributed by atoms with Crippen LogP contribution in [-0.2, 0) is 19.4 Å². The zero-order valence-corrected chi connectivity index (χ0v) is 26.1. The Labute approximate surface area is 245 Å². The highest BCUT2D eigenvalue weighted by Gasteiger charge is 2.43. The number of hydrogen-bond donors (Lipinski definition) is 2. The Hall–Kier alpha value is -3.01. The van der Waals surface area contributed by atoms with Gasteiger partial charge in [-0.15, -0.1) is 26.3 Å². The van der Waals surface area contributed by atoms with Gasteiger partial charge in [0.25, 0.3) is 0 Å². The van der Waals surface area contributed by atoms with E-state index in [1.165, 1.54) is 33.9 Å². The van der Waals surface area contributed by atoms with E-state index in [2.05, 4.69) is 82.4 Å². The molecule has 40 heavy (non-hydrogen) atoms. The molecule has 0 saturated heterocycles. The second-order valence-corrected chi connectivity index (χ2v) is 9.75. The zero-order chi connectivity index (χ0) is 30.7. The highest BCUT2D eigenvalue weighted by atomic mass is 19.1. The molecule has 0 aromatic heterocycles. The van der Waals surface area contributed by atoms with Gasteiger partial charge in [0.05, 0.1) is 6.10 Å². The van der Waals surface area contributed by atoms with Crippen LogP contribution in [0.3, 0.4) is 0 Å². The minimum atomic E-state index is -0.209. The van der Waals surface area contributed by atoms with Gasteiger partial charge in [-0.05, 0) is 73.9 Å². The summed E-state index contributed by atoms with van der Waals surface area (Å²) in [6.07, 6.45) is 8.79. The summed E-state index contributed by atoms with van der Waals surface area (Å²) in [5, 5.41) is 13.4. The van der Waals surface area contributed by atoms with E-state index in [1.807, 2.05) is 39.8 Å². The smallest absolute Gasteiger partial charge is 0.127 e. The number of aryl methyl sites for hydroxylation is 2. The van der Waals surface area contributed by atoms with Crippen LogP contribution in [0.15, 0.2) is 104 Å². The summed E-state index contributed by atoms with van der Waals surface area (Å²) in [7, 11) is 0. The maximum absolute atomic E-state index is 13.3. The van der Waals surface area contributed by atoms with Gasteiger partial charge in [0.1, 0.15) is 5.82 Å². The number of aliphatic hydroxyl groups excluding tert-OH is 1. The first-order chi connectivity index (χ1) is 19.3. The maximum Gasteiger partial charge on any atom is 0.127 e. The molecule has 220 valence electrons. The Morgan fingerprint density at radius 1 is 1.05 bits per heavy atom. The second kappa shape index (κ2) is 20.0. The van der Waals surface area contributed by atoms with Gasteiger partial charge in [-0.1, -0.05) is 101 Å². The zero-order valence-electron chi connectivity index (χ0n) is 26.1. The van der Waals surface area contributed by atoms with Gasteiger partial charge < -0.3 is 10.4 Å². The van der Waals surface area contributed by atoms with E-state index in [-0.39, 0.29) is 17.3 Å². The van der Waals surface area contributed by atoms with Gasteiger partial charge >= 0.3 is 0 Å². The van der Waals surface area contributed by atoms with E-state index >= 15 is 0 Å². The molecule has 0 radical (unpaired) electrons. The summed E-state index contributed by atoms with van der Waals surface area (Å²) in [5.74, 6) is -0.0969. The molecule has 0 bridgehead atoms. The van der Waals surface area contributed by atoms with Crippen molar-refractivity contribution in [1.82, 2.24) is 5.32 Å². The first-order valence-electron chi connectivity index (χ1n) is 14.6. The first kappa shape index (κ1) is 37.0. The van der Waals surface area contributed by atoms with Crippen molar-refractivity contribution in [3.63, 3.8) is 0 Å². The van der Waals surface area contributed by atoms with Crippen LogP contribution in [0.4, 0.5) is 4.39 Å². The van der Waals surface area contributed by atoms with E-state index in [9.17, 15) is 9.50 Å². The van der Waals surface area contributed by atoms with E-state index < -0.39 is 0 Å². The highest BCUT2D eigenvalue weighted by Crippen LogP contribution is 2.51. The van der Waals surface area contributed by atoms with Crippen LogP contribution in [0.2, 0.25) is 0 Å². The Bertz CT molecular complexity index is 1080. The lowest BCUT2D eigenvalue weighted by Gasteiger charge is -2.35. The molecule has 4 rings (SSSR count). The number of benzene rings is 2. The monoisotopic (exact) mass is 547 g/mol. The molecule has 1 saturated carbocycles. The van der Waals surface area contributed by atoms with Crippen molar-refractivity contribution in [2.24, 2.45) is 5.41 Å². The van der Waals surface area contributed by atoms with Gasteiger partial charge in [0.2, 0.25) is 0 Å². The molecule has 2 aliphatic carbocycles. The normalized spacial score (nSPS) is 18.6. The fourth-order valence-electron chi connectivity index (χ4n) is 5.07. The van der Waals surface area contributed by atoms with Gasteiger partial charge in [-0.25, -0.2) is 4.39 Å². The molecule has 2 aliphatic rings. The standard InChI is InChI=1S/C20H24O.C11H16FN.C2H6.2C2H4/c1-4-16-13-20(3)18(9-10-19(20)21)12-17(16)11-15-7-5-14(2)6-8-15;1-3-9-6-5-7-11(12)10(9)8-13-4-2;3*1-2/h4-8,12,19,21H,1,9-11,13H2,2-3H3;5-7,13H,3-4,8H2,1-2H3;1-2H3;2*1-2H2. The lowest BCUT2D eigenvalue weighted by atomic mass is 9.71. The van der Waals surface area contributed by atoms with Crippen molar-refractivity contribution >= 4 is 0 Å². The molecule has 2 aromatic carbocycles. The topological polar surface area (TPSA) is 32.3 Å². The Morgan fingerprint density at radius 3 is 2.23 bits per heavy atom. The lowest BCUT2D eigenvalue weighted by Crippen LogP contribution is -2.30. The molecule has 0 aliphatic heterocycles. The maximum atomic E-state index is 13.3. The van der Waals surface area contributed by atoms with Gasteiger partial charge in [-0.3, -0.25) is 0 Å². The molecule has 2 nitrogen and oxygen atoms in total. The van der Waals surface area contributed by atoms with E-state index in [0.717, 1.165) is 49.8 Å². The molecule has 0 spiro atoms. The van der Waals surface area contributed by atoms with E-state index in [0.29, 0.717) is 6.54 Å². The van der Waals surface area contributed by atoms with Gasteiger partial charge in [0, 0.05) is 17.5 Å². The third-order valence-corrected chi connectivity index (χ3v) is 7.38. The van der Waals surface area contributed by atoms with Crippen LogP contribution in [-0.4, -0.2) is 17.8 Å². The molecule has 1 fully saturated rings. The predicted molar refractivity (Wildman–Crippen MR) is 175 cm³/mol. The molecule has 0 heterocycles. The van der Waals surface area contributed by atoms with Crippen LogP contribution in [0.1, 0.15) is 76.1 Å². The minimum absolute atomic E-state index is 0.0691. The quantitative estimate of drug-likeness (QED) is 0.338. The fraction of sp³-hybridized carbons (Fsp3) is 0.405. The second-order valence-electron chi connectivity index (χ2n) is 9.75. The van der Waals surface area contributed by atoms with Crippen molar-refractivity contribution in [1.29, 1.82) is 0 Å². The van der Waals surface area contributed by atoms with Crippen LogP contribution >= 0.6 is 0 Å². The fourth-order valence-corrected chi connectivity index (χ4v) is 5.07. The number of halogens is 1. The Morgan fingerprint density at radius 2 is 1.68 bits per heavy atom. The molecule has 2 N–H and O–H groups in total. The summed E-state index contributed by atoms with van der Waals surface area (Å²) in [6, 6.07) is 14.0. The molecule has 2 aromatic rings. The van der Waals surface area contributed by atoms with E-state index in [4.69, 9.17) is 0 Å².